The van der Waals surface area contributed by atoms with Crippen LogP contribution in [0.1, 0.15) is 50.0 Å². The Balaban J connectivity index is 1.44. The molecule has 0 saturated carbocycles. The maximum Gasteiger partial charge on any atom is 0.132 e. The van der Waals surface area contributed by atoms with Crippen LogP contribution in [-0.2, 0) is 4.79 Å². The van der Waals surface area contributed by atoms with Crippen molar-refractivity contribution >= 4 is 29.3 Å². The van der Waals surface area contributed by atoms with Crippen LogP contribution in [0.15, 0.2) is 43.3 Å². The summed E-state index contributed by atoms with van der Waals surface area (Å²) in [5.41, 5.74) is 0. The molecule has 2 rings (SSSR count). The highest BCUT2D eigenvalue weighted by Gasteiger charge is 2.05. The highest BCUT2D eigenvalue weighted by atomic mass is 32.2. The summed E-state index contributed by atoms with van der Waals surface area (Å²) in [4.78, 5) is 14.3. The normalized spacial score (nSPS) is 11.1. The molecular formula is C19H26O3S2. The minimum atomic E-state index is 0.406. The Labute approximate surface area is 152 Å². The number of thioether (sulfide) groups is 2. The van der Waals surface area contributed by atoms with E-state index in [1.165, 1.54) is 9.79 Å². The molecule has 0 atom stereocenters. The van der Waals surface area contributed by atoms with Gasteiger partial charge < -0.3 is 8.83 Å². The van der Waals surface area contributed by atoms with Gasteiger partial charge in [-0.3, -0.25) is 4.79 Å². The maximum absolute atomic E-state index is 11.9. The van der Waals surface area contributed by atoms with Crippen LogP contribution in [0.5, 0.6) is 0 Å². The highest BCUT2D eigenvalue weighted by Crippen LogP contribution is 2.25. The lowest BCUT2D eigenvalue weighted by Crippen LogP contribution is -1.98. The lowest BCUT2D eigenvalue weighted by molar-refractivity contribution is -0.119. The summed E-state index contributed by atoms with van der Waals surface area (Å²) in [6.07, 6.45) is 9.04. The number of carbonyl (C=O) groups is 1. The lowest BCUT2D eigenvalue weighted by atomic mass is 10.1. The van der Waals surface area contributed by atoms with Crippen molar-refractivity contribution in [2.75, 3.05) is 11.5 Å². The summed E-state index contributed by atoms with van der Waals surface area (Å²) in [7, 11) is 0. The molecule has 3 nitrogen and oxygen atoms in total. The summed E-state index contributed by atoms with van der Waals surface area (Å²) < 4.78 is 10.5. The molecule has 0 aliphatic carbocycles. The Morgan fingerprint density at radius 3 is 1.67 bits per heavy atom. The average molecular weight is 367 g/mol. The van der Waals surface area contributed by atoms with E-state index >= 15 is 0 Å². The Bertz CT molecular complexity index is 563. The summed E-state index contributed by atoms with van der Waals surface area (Å²) in [6, 6.07) is 4.02. The molecule has 24 heavy (non-hydrogen) atoms. The van der Waals surface area contributed by atoms with E-state index in [1.54, 1.807) is 12.5 Å². The van der Waals surface area contributed by atoms with Gasteiger partial charge in [0, 0.05) is 22.6 Å². The minimum absolute atomic E-state index is 0.406. The second-order valence-electron chi connectivity index (χ2n) is 5.83. The van der Waals surface area contributed by atoms with Gasteiger partial charge in [-0.1, -0.05) is 0 Å². The minimum Gasteiger partial charge on any atom is -0.468 e. The van der Waals surface area contributed by atoms with E-state index < -0.39 is 0 Å². The number of carbonyl (C=O) groups excluding carboxylic acids is 1. The molecule has 0 saturated heterocycles. The van der Waals surface area contributed by atoms with Gasteiger partial charge in [-0.15, -0.1) is 23.5 Å². The zero-order chi connectivity index (χ0) is 17.2. The molecule has 0 fully saturated rings. The molecular weight excluding hydrogens is 340 g/mol. The van der Waals surface area contributed by atoms with Gasteiger partial charge in [0.1, 0.15) is 17.3 Å². The average Bonchev–Trinajstić information content (AvgIpc) is 3.15. The number of aryl methyl sites for hydroxylation is 2. The first-order valence-electron chi connectivity index (χ1n) is 8.52. The van der Waals surface area contributed by atoms with Gasteiger partial charge in [-0.2, -0.15) is 0 Å². The molecule has 2 heterocycles. The van der Waals surface area contributed by atoms with Crippen molar-refractivity contribution in [3.05, 3.63) is 36.2 Å². The van der Waals surface area contributed by atoms with Gasteiger partial charge in [-0.05, 0) is 63.2 Å². The quantitative estimate of drug-likeness (QED) is 0.326. The third kappa shape index (κ3) is 6.81. The molecule has 2 aromatic rings. The molecule has 0 aliphatic heterocycles. The van der Waals surface area contributed by atoms with E-state index in [-0.39, 0.29) is 0 Å². The zero-order valence-corrected chi connectivity index (χ0v) is 16.1. The van der Waals surface area contributed by atoms with Gasteiger partial charge in [0.2, 0.25) is 0 Å². The van der Waals surface area contributed by atoms with Crippen LogP contribution in [0.3, 0.4) is 0 Å². The Kier molecular flexibility index (Phi) is 8.60. The van der Waals surface area contributed by atoms with E-state index in [0.29, 0.717) is 5.78 Å². The van der Waals surface area contributed by atoms with Crippen molar-refractivity contribution in [2.24, 2.45) is 0 Å². The molecule has 132 valence electrons. The highest BCUT2D eigenvalue weighted by molar-refractivity contribution is 7.99. The largest absolute Gasteiger partial charge is 0.468 e. The van der Waals surface area contributed by atoms with E-state index in [4.69, 9.17) is 8.83 Å². The van der Waals surface area contributed by atoms with Crippen molar-refractivity contribution in [1.29, 1.82) is 0 Å². The van der Waals surface area contributed by atoms with Crippen LogP contribution in [0.2, 0.25) is 0 Å². The molecule has 2 aromatic heterocycles. The van der Waals surface area contributed by atoms with E-state index in [0.717, 1.165) is 61.6 Å². The van der Waals surface area contributed by atoms with Crippen molar-refractivity contribution in [3.63, 3.8) is 0 Å². The van der Waals surface area contributed by atoms with Crippen LogP contribution >= 0.6 is 23.5 Å². The molecule has 0 bridgehead atoms. The van der Waals surface area contributed by atoms with Crippen molar-refractivity contribution < 1.29 is 13.6 Å². The summed E-state index contributed by atoms with van der Waals surface area (Å²) >= 11 is 3.63. The zero-order valence-electron chi connectivity index (χ0n) is 14.5. The predicted molar refractivity (Wildman–Crippen MR) is 101 cm³/mol. The third-order valence-electron chi connectivity index (χ3n) is 3.84. The van der Waals surface area contributed by atoms with Gasteiger partial charge >= 0.3 is 0 Å². The van der Waals surface area contributed by atoms with Crippen LogP contribution in [-0.4, -0.2) is 17.3 Å². The SMILES string of the molecule is Cc1occc1SCCCCC(=O)CCCCSc1ccoc1C. The number of hydrogen-bond acceptors (Lipinski definition) is 5. The topological polar surface area (TPSA) is 43.4 Å². The molecule has 0 aromatic carbocycles. The second-order valence-corrected chi connectivity index (χ2v) is 8.11. The van der Waals surface area contributed by atoms with Crippen molar-refractivity contribution in [1.82, 2.24) is 0 Å². The van der Waals surface area contributed by atoms with Gasteiger partial charge in [0.05, 0.1) is 12.5 Å². The van der Waals surface area contributed by atoms with Crippen LogP contribution in [0, 0.1) is 13.8 Å². The van der Waals surface area contributed by atoms with Crippen molar-refractivity contribution in [3.8, 4) is 0 Å². The Morgan fingerprint density at radius 1 is 0.833 bits per heavy atom. The van der Waals surface area contributed by atoms with E-state index in [9.17, 15) is 4.79 Å². The molecule has 5 heteroatoms. The first-order chi connectivity index (χ1) is 11.7. The summed E-state index contributed by atoms with van der Waals surface area (Å²) in [5.74, 6) is 4.48. The predicted octanol–water partition coefficient (Wildman–Crippen LogP) is 6.28. The second kappa shape index (κ2) is 10.7. The molecule has 0 unspecified atom stereocenters. The van der Waals surface area contributed by atoms with E-state index in [2.05, 4.69) is 0 Å². The number of hydrogen-bond donors (Lipinski definition) is 0. The first kappa shape index (κ1) is 19.3. The van der Waals surface area contributed by atoms with E-state index in [1.807, 2.05) is 49.5 Å². The smallest absolute Gasteiger partial charge is 0.132 e. The number of ketones is 1. The number of furan rings is 2. The summed E-state index contributed by atoms with van der Waals surface area (Å²) in [6.45, 7) is 3.97. The Morgan fingerprint density at radius 2 is 1.29 bits per heavy atom. The Hall–Kier alpha value is -1.07. The number of rotatable bonds is 12. The molecule has 0 N–H and O–H groups in total. The van der Waals surface area contributed by atoms with Crippen LogP contribution in [0.25, 0.3) is 0 Å². The maximum atomic E-state index is 11.9. The molecule has 0 aliphatic rings. The van der Waals surface area contributed by atoms with Crippen molar-refractivity contribution in [2.45, 2.75) is 62.2 Å². The monoisotopic (exact) mass is 366 g/mol. The molecule has 0 amide bonds. The first-order valence-corrected chi connectivity index (χ1v) is 10.5. The van der Waals surface area contributed by atoms with Crippen LogP contribution < -0.4 is 0 Å². The van der Waals surface area contributed by atoms with Crippen LogP contribution in [0.4, 0.5) is 0 Å². The fourth-order valence-corrected chi connectivity index (χ4v) is 4.33. The fraction of sp³-hybridized carbons (Fsp3) is 0.526. The summed E-state index contributed by atoms with van der Waals surface area (Å²) in [5, 5.41) is 0. The van der Waals surface area contributed by atoms with Gasteiger partial charge in [-0.25, -0.2) is 0 Å². The lowest BCUT2D eigenvalue weighted by Gasteiger charge is -2.03. The number of unbranched alkanes of at least 4 members (excludes halogenated alkanes) is 2. The third-order valence-corrected chi connectivity index (χ3v) is 6.29. The fourth-order valence-electron chi connectivity index (χ4n) is 2.38. The molecule has 0 radical (unpaired) electrons. The molecule has 0 spiro atoms. The standard InChI is InChI=1S/C19H26O3S2/c1-15-18(9-11-21-15)23-13-5-3-7-17(20)8-4-6-14-24-19-10-12-22-16(19)2/h9-12H,3-8,13-14H2,1-2H3. The van der Waals surface area contributed by atoms with Gasteiger partial charge in [0.15, 0.2) is 0 Å². The van der Waals surface area contributed by atoms with Gasteiger partial charge in [0.25, 0.3) is 0 Å². The number of Topliss-reactive ketones (excluding diaryl/α,β-unsaturated/α-hetero) is 1.